The van der Waals surface area contributed by atoms with Crippen LogP contribution in [0.25, 0.3) is 28.4 Å². The summed E-state index contributed by atoms with van der Waals surface area (Å²) in [6.45, 7) is 2.70. The summed E-state index contributed by atoms with van der Waals surface area (Å²) in [6, 6.07) is 11.9. The molecule has 0 atom stereocenters. The molecule has 154 valence electrons. The zero-order chi connectivity index (χ0) is 20.2. The lowest BCUT2D eigenvalue weighted by molar-refractivity contribution is -0.0388. The quantitative estimate of drug-likeness (QED) is 0.429. The van der Waals surface area contributed by atoms with Gasteiger partial charge in [0.05, 0.1) is 36.4 Å². The molecule has 7 heteroatoms. The van der Waals surface area contributed by atoms with Gasteiger partial charge in [-0.05, 0) is 49.2 Å². The lowest BCUT2D eigenvalue weighted by atomic mass is 10.1. The zero-order valence-electron chi connectivity index (χ0n) is 16.6. The molecule has 0 radical (unpaired) electrons. The predicted octanol–water partition coefficient (Wildman–Crippen LogP) is 4.23. The van der Waals surface area contributed by atoms with Crippen molar-refractivity contribution in [1.29, 1.82) is 0 Å². The van der Waals surface area contributed by atoms with Gasteiger partial charge in [0.15, 0.2) is 0 Å². The van der Waals surface area contributed by atoms with Crippen LogP contribution >= 0.6 is 0 Å². The molecule has 1 aliphatic rings. The maximum atomic E-state index is 5.85. The lowest BCUT2D eigenvalue weighted by Crippen LogP contribution is -2.25. The van der Waals surface area contributed by atoms with Gasteiger partial charge in [0.1, 0.15) is 24.3 Å². The summed E-state index contributed by atoms with van der Waals surface area (Å²) in [5, 5.41) is 0. The minimum Gasteiger partial charge on any atom is -0.491 e. The van der Waals surface area contributed by atoms with Crippen molar-refractivity contribution in [2.75, 3.05) is 26.4 Å². The van der Waals surface area contributed by atoms with E-state index in [2.05, 4.69) is 9.97 Å². The number of oxazole rings is 1. The van der Waals surface area contributed by atoms with Crippen molar-refractivity contribution >= 4 is 5.65 Å². The predicted molar refractivity (Wildman–Crippen MR) is 111 cm³/mol. The first-order chi connectivity index (χ1) is 14.9. The average Bonchev–Trinajstić information content (AvgIpc) is 3.48. The van der Waals surface area contributed by atoms with Gasteiger partial charge in [-0.2, -0.15) is 0 Å². The number of rotatable bonds is 7. The number of benzene rings is 1. The molecular formula is C23H23N3O4. The van der Waals surface area contributed by atoms with E-state index in [-0.39, 0.29) is 0 Å². The molecule has 0 saturated carbocycles. The number of fused-ring (bicyclic) bond motifs is 1. The van der Waals surface area contributed by atoms with Gasteiger partial charge in [-0.25, -0.2) is 9.97 Å². The van der Waals surface area contributed by atoms with Crippen LogP contribution < -0.4 is 4.74 Å². The van der Waals surface area contributed by atoms with Crippen LogP contribution in [0, 0.1) is 0 Å². The van der Waals surface area contributed by atoms with Crippen LogP contribution in [0.3, 0.4) is 0 Å². The molecule has 4 heterocycles. The molecule has 0 amide bonds. The number of nitrogens with zero attached hydrogens (tertiary/aromatic N) is 3. The molecule has 1 saturated heterocycles. The Bertz CT molecular complexity index is 1080. The molecule has 7 nitrogen and oxygen atoms in total. The summed E-state index contributed by atoms with van der Waals surface area (Å²) in [4.78, 5) is 8.72. The van der Waals surface area contributed by atoms with Crippen LogP contribution in [-0.4, -0.2) is 46.9 Å². The van der Waals surface area contributed by atoms with Gasteiger partial charge in [0.2, 0.25) is 5.89 Å². The normalized spacial score (nSPS) is 14.9. The summed E-state index contributed by atoms with van der Waals surface area (Å²) < 4.78 is 24.5. The van der Waals surface area contributed by atoms with Crippen molar-refractivity contribution in [3.05, 3.63) is 61.3 Å². The molecule has 0 spiro atoms. The Balaban J connectivity index is 1.25. The second-order valence-electron chi connectivity index (χ2n) is 7.18. The van der Waals surface area contributed by atoms with Gasteiger partial charge in [0.25, 0.3) is 0 Å². The number of hydrogen-bond donors (Lipinski definition) is 0. The summed E-state index contributed by atoms with van der Waals surface area (Å²) >= 11 is 0. The van der Waals surface area contributed by atoms with E-state index in [1.165, 1.54) is 0 Å². The average molecular weight is 405 g/mol. The van der Waals surface area contributed by atoms with E-state index in [1.54, 1.807) is 12.5 Å². The van der Waals surface area contributed by atoms with Crippen LogP contribution in [0.15, 0.2) is 65.7 Å². The highest BCUT2D eigenvalue weighted by molar-refractivity contribution is 5.66. The van der Waals surface area contributed by atoms with Gasteiger partial charge < -0.3 is 18.6 Å². The largest absolute Gasteiger partial charge is 0.491 e. The third-order valence-electron chi connectivity index (χ3n) is 5.21. The highest BCUT2D eigenvalue weighted by atomic mass is 16.5. The number of ether oxygens (including phenoxy) is 3. The fourth-order valence-electron chi connectivity index (χ4n) is 3.63. The number of hydrogen-bond acceptors (Lipinski definition) is 6. The van der Waals surface area contributed by atoms with Crippen molar-refractivity contribution in [2.24, 2.45) is 0 Å². The highest BCUT2D eigenvalue weighted by Crippen LogP contribution is 2.26. The SMILES string of the molecule is c1coc(-c2ccc3ncc(-c4ccc(OCCOC5CCOCC5)cc4)n3c2)n1. The first kappa shape index (κ1) is 18.8. The van der Waals surface area contributed by atoms with Gasteiger partial charge in [-0.1, -0.05) is 0 Å². The lowest BCUT2D eigenvalue weighted by Gasteiger charge is -2.22. The molecular weight excluding hydrogens is 382 g/mol. The Hall–Kier alpha value is -3.16. The minimum absolute atomic E-state index is 0.293. The molecule has 1 aliphatic heterocycles. The summed E-state index contributed by atoms with van der Waals surface area (Å²) in [7, 11) is 0. The van der Waals surface area contributed by atoms with Crippen LogP contribution in [-0.2, 0) is 9.47 Å². The van der Waals surface area contributed by atoms with Crippen LogP contribution in [0.2, 0.25) is 0 Å². The molecule has 4 aromatic rings. The van der Waals surface area contributed by atoms with E-state index in [1.807, 2.05) is 53.2 Å². The molecule has 0 unspecified atom stereocenters. The Morgan fingerprint density at radius 2 is 1.80 bits per heavy atom. The van der Waals surface area contributed by atoms with E-state index in [0.29, 0.717) is 25.2 Å². The van der Waals surface area contributed by atoms with Crippen molar-refractivity contribution in [2.45, 2.75) is 18.9 Å². The first-order valence-corrected chi connectivity index (χ1v) is 10.2. The molecule has 0 bridgehead atoms. The zero-order valence-corrected chi connectivity index (χ0v) is 16.6. The van der Waals surface area contributed by atoms with Gasteiger partial charge in [-0.3, -0.25) is 4.40 Å². The smallest absolute Gasteiger partial charge is 0.227 e. The number of imidazole rings is 1. The maximum absolute atomic E-state index is 5.85. The van der Waals surface area contributed by atoms with E-state index in [4.69, 9.17) is 18.6 Å². The molecule has 0 aliphatic carbocycles. The van der Waals surface area contributed by atoms with Crippen molar-refractivity contribution in [3.63, 3.8) is 0 Å². The third kappa shape index (κ3) is 4.08. The second kappa shape index (κ2) is 8.69. The van der Waals surface area contributed by atoms with Crippen molar-refractivity contribution < 1.29 is 18.6 Å². The van der Waals surface area contributed by atoms with E-state index in [9.17, 15) is 0 Å². The van der Waals surface area contributed by atoms with Crippen LogP contribution in [0.1, 0.15) is 12.8 Å². The molecule has 1 aromatic carbocycles. The third-order valence-corrected chi connectivity index (χ3v) is 5.21. The Kier molecular flexibility index (Phi) is 5.46. The second-order valence-corrected chi connectivity index (χ2v) is 7.18. The maximum Gasteiger partial charge on any atom is 0.227 e. The topological polar surface area (TPSA) is 71.0 Å². The summed E-state index contributed by atoms with van der Waals surface area (Å²) in [6.07, 6.45) is 9.29. The molecule has 0 N–H and O–H groups in total. The molecule has 3 aromatic heterocycles. The Labute approximate surface area is 174 Å². The Morgan fingerprint density at radius 3 is 2.60 bits per heavy atom. The van der Waals surface area contributed by atoms with E-state index >= 15 is 0 Å². The van der Waals surface area contributed by atoms with Crippen molar-refractivity contribution in [3.8, 4) is 28.5 Å². The van der Waals surface area contributed by atoms with Gasteiger partial charge in [0, 0.05) is 25.0 Å². The monoisotopic (exact) mass is 405 g/mol. The van der Waals surface area contributed by atoms with E-state index in [0.717, 1.165) is 54.3 Å². The molecule has 30 heavy (non-hydrogen) atoms. The Morgan fingerprint density at radius 1 is 0.967 bits per heavy atom. The summed E-state index contributed by atoms with van der Waals surface area (Å²) in [5.41, 5.74) is 3.81. The fourth-order valence-corrected chi connectivity index (χ4v) is 3.63. The summed E-state index contributed by atoms with van der Waals surface area (Å²) in [5.74, 6) is 1.41. The van der Waals surface area contributed by atoms with Gasteiger partial charge >= 0.3 is 0 Å². The fraction of sp³-hybridized carbons (Fsp3) is 0.304. The molecule has 1 fully saturated rings. The minimum atomic E-state index is 0.293. The highest BCUT2D eigenvalue weighted by Gasteiger charge is 2.14. The number of pyridine rings is 1. The van der Waals surface area contributed by atoms with Crippen LogP contribution in [0.4, 0.5) is 0 Å². The van der Waals surface area contributed by atoms with E-state index < -0.39 is 0 Å². The molecule has 5 rings (SSSR count). The number of aromatic nitrogens is 3. The van der Waals surface area contributed by atoms with Crippen LogP contribution in [0.5, 0.6) is 5.75 Å². The van der Waals surface area contributed by atoms with Crippen molar-refractivity contribution in [1.82, 2.24) is 14.4 Å². The van der Waals surface area contributed by atoms with Gasteiger partial charge in [-0.15, -0.1) is 0 Å². The standard InChI is InChI=1S/C23H23N3O4/c1-4-19(28-13-14-29-20-7-10-27-11-8-20)5-2-17(1)21-15-25-22-6-3-18(16-26(21)22)23-24-9-12-30-23/h1-6,9,12,15-16,20H,7-8,10-11,13-14H2. The first-order valence-electron chi connectivity index (χ1n) is 10.2.